The van der Waals surface area contributed by atoms with Crippen molar-refractivity contribution in [1.82, 2.24) is 24.5 Å². The van der Waals surface area contributed by atoms with Gasteiger partial charge in [0.15, 0.2) is 11.5 Å². The zero-order valence-electron chi connectivity index (χ0n) is 15.1. The van der Waals surface area contributed by atoms with Crippen molar-refractivity contribution in [2.75, 3.05) is 49.2 Å². The fourth-order valence-electron chi connectivity index (χ4n) is 3.16. The van der Waals surface area contributed by atoms with Gasteiger partial charge < -0.3 is 20.9 Å². The SMILES string of the molecule is CN1CCN(c2cc(Cl)ncc2NC(=O)c2c(N)nn3cc(Cl)cnc23)CC1. The minimum atomic E-state index is -0.429. The molecule has 3 N–H and O–H groups in total. The molecule has 1 amide bonds. The number of aromatic nitrogens is 4. The second-order valence-corrected chi connectivity index (χ2v) is 7.39. The van der Waals surface area contributed by atoms with Crippen LogP contribution in [0.4, 0.5) is 17.2 Å². The van der Waals surface area contributed by atoms with Gasteiger partial charge in [0.2, 0.25) is 0 Å². The first kappa shape index (κ1) is 18.7. The molecule has 0 radical (unpaired) electrons. The van der Waals surface area contributed by atoms with Crippen molar-refractivity contribution >= 4 is 51.9 Å². The summed E-state index contributed by atoms with van der Waals surface area (Å²) in [4.78, 5) is 25.7. The lowest BCUT2D eigenvalue weighted by Crippen LogP contribution is -2.44. The molecule has 0 spiro atoms. The van der Waals surface area contributed by atoms with E-state index < -0.39 is 5.91 Å². The smallest absolute Gasteiger partial charge is 0.263 e. The summed E-state index contributed by atoms with van der Waals surface area (Å²) in [6.07, 6.45) is 4.52. The Kier molecular flexibility index (Phi) is 4.96. The van der Waals surface area contributed by atoms with Crippen LogP contribution in [-0.2, 0) is 0 Å². The number of hydrogen-bond donors (Lipinski definition) is 2. The number of carbonyl (C=O) groups is 1. The van der Waals surface area contributed by atoms with Crippen LogP contribution in [0.5, 0.6) is 0 Å². The van der Waals surface area contributed by atoms with Gasteiger partial charge >= 0.3 is 0 Å². The summed E-state index contributed by atoms with van der Waals surface area (Å²) in [6.45, 7) is 3.47. The maximum absolute atomic E-state index is 13.0. The number of anilines is 3. The number of piperazine rings is 1. The van der Waals surface area contributed by atoms with Gasteiger partial charge in [0.25, 0.3) is 5.91 Å². The first-order valence-electron chi connectivity index (χ1n) is 8.62. The van der Waals surface area contributed by atoms with E-state index in [1.54, 1.807) is 12.3 Å². The Hall–Kier alpha value is -2.62. The molecule has 3 aromatic rings. The van der Waals surface area contributed by atoms with E-state index in [4.69, 9.17) is 28.9 Å². The minimum absolute atomic E-state index is 0.0651. The van der Waals surface area contributed by atoms with Gasteiger partial charge in [-0.05, 0) is 7.05 Å². The minimum Gasteiger partial charge on any atom is -0.381 e. The van der Waals surface area contributed by atoms with Crippen LogP contribution in [0.15, 0.2) is 24.7 Å². The van der Waals surface area contributed by atoms with E-state index >= 15 is 0 Å². The Morgan fingerprint density at radius 1 is 1.18 bits per heavy atom. The number of rotatable bonds is 3. The van der Waals surface area contributed by atoms with Crippen LogP contribution < -0.4 is 16.0 Å². The van der Waals surface area contributed by atoms with E-state index in [0.717, 1.165) is 31.9 Å². The van der Waals surface area contributed by atoms with Gasteiger partial charge in [0.05, 0.1) is 28.8 Å². The molecule has 0 atom stereocenters. The highest BCUT2D eigenvalue weighted by molar-refractivity contribution is 6.30. The lowest BCUT2D eigenvalue weighted by molar-refractivity contribution is 0.102. The molecule has 0 aliphatic carbocycles. The largest absolute Gasteiger partial charge is 0.381 e. The number of halogens is 2. The van der Waals surface area contributed by atoms with Crippen LogP contribution in [0.2, 0.25) is 10.2 Å². The summed E-state index contributed by atoms with van der Waals surface area (Å²) in [5, 5.41) is 7.73. The summed E-state index contributed by atoms with van der Waals surface area (Å²) in [7, 11) is 2.08. The van der Waals surface area contributed by atoms with E-state index in [1.165, 1.54) is 16.9 Å². The van der Waals surface area contributed by atoms with Gasteiger partial charge in [-0.25, -0.2) is 14.5 Å². The maximum atomic E-state index is 13.0. The van der Waals surface area contributed by atoms with Crippen molar-refractivity contribution in [2.45, 2.75) is 0 Å². The quantitative estimate of drug-likeness (QED) is 0.624. The fourth-order valence-corrected chi connectivity index (χ4v) is 3.45. The molecule has 1 fully saturated rings. The summed E-state index contributed by atoms with van der Waals surface area (Å²) in [5.74, 6) is -0.364. The highest BCUT2D eigenvalue weighted by atomic mass is 35.5. The molecule has 1 aliphatic heterocycles. The first-order chi connectivity index (χ1) is 13.4. The summed E-state index contributed by atoms with van der Waals surface area (Å²) >= 11 is 12.0. The average Bonchev–Trinajstić information content (AvgIpc) is 2.98. The molecule has 0 bridgehead atoms. The number of nitrogen functional groups attached to an aromatic ring is 1. The standard InChI is InChI=1S/C17H18Cl2N8O/c1-25-2-4-26(5-3-25)12-6-13(19)21-8-11(12)23-17(28)14-15(20)24-27-9-10(18)7-22-16(14)27/h6-9H,2-5H2,1H3,(H2,20,24)(H,23,28). The van der Waals surface area contributed by atoms with Crippen LogP contribution in [0.25, 0.3) is 5.65 Å². The van der Waals surface area contributed by atoms with Crippen LogP contribution in [0.1, 0.15) is 10.4 Å². The van der Waals surface area contributed by atoms with E-state index in [2.05, 4.69) is 37.2 Å². The van der Waals surface area contributed by atoms with Crippen LogP contribution in [0.3, 0.4) is 0 Å². The molecule has 11 heteroatoms. The first-order valence-corrected chi connectivity index (χ1v) is 9.37. The number of amides is 1. The monoisotopic (exact) mass is 420 g/mol. The molecular weight excluding hydrogens is 403 g/mol. The molecule has 0 aromatic carbocycles. The van der Waals surface area contributed by atoms with Gasteiger partial charge in [-0.1, -0.05) is 23.2 Å². The summed E-state index contributed by atoms with van der Waals surface area (Å²) in [5.41, 5.74) is 7.81. The van der Waals surface area contributed by atoms with Gasteiger partial charge in [-0.15, -0.1) is 5.10 Å². The lowest BCUT2D eigenvalue weighted by Gasteiger charge is -2.35. The molecule has 1 saturated heterocycles. The zero-order chi connectivity index (χ0) is 19.8. The average molecular weight is 421 g/mol. The number of hydrogen-bond acceptors (Lipinski definition) is 7. The third-order valence-corrected chi connectivity index (χ3v) is 5.04. The number of fused-ring (bicyclic) bond motifs is 1. The van der Waals surface area contributed by atoms with Crippen molar-refractivity contribution in [3.05, 3.63) is 40.4 Å². The Bertz CT molecular complexity index is 1050. The molecule has 4 heterocycles. The number of nitrogens with zero attached hydrogens (tertiary/aromatic N) is 6. The van der Waals surface area contributed by atoms with Gasteiger partial charge in [-0.2, -0.15) is 0 Å². The predicted molar refractivity (Wildman–Crippen MR) is 109 cm³/mol. The van der Waals surface area contributed by atoms with E-state index in [9.17, 15) is 4.79 Å². The highest BCUT2D eigenvalue weighted by Crippen LogP contribution is 2.30. The molecular formula is C17H18Cl2N8O. The molecule has 4 rings (SSSR count). The summed E-state index contributed by atoms with van der Waals surface area (Å²) in [6, 6.07) is 1.75. The number of likely N-dealkylation sites (N-methyl/N-ethyl adjacent to an activating group) is 1. The van der Waals surface area contributed by atoms with Gasteiger partial charge in [0.1, 0.15) is 10.7 Å². The van der Waals surface area contributed by atoms with Gasteiger partial charge in [0, 0.05) is 38.4 Å². The van der Waals surface area contributed by atoms with E-state index in [0.29, 0.717) is 21.5 Å². The second-order valence-electron chi connectivity index (χ2n) is 6.57. The number of pyridine rings is 1. The molecule has 0 saturated carbocycles. The Morgan fingerprint density at radius 2 is 1.93 bits per heavy atom. The normalized spacial score (nSPS) is 15.2. The Labute approximate surface area is 171 Å². The number of carbonyl (C=O) groups excluding carboxylic acids is 1. The Balaban J connectivity index is 1.66. The van der Waals surface area contributed by atoms with Crippen molar-refractivity contribution < 1.29 is 4.79 Å². The molecule has 28 heavy (non-hydrogen) atoms. The second kappa shape index (κ2) is 7.42. The third kappa shape index (κ3) is 3.56. The maximum Gasteiger partial charge on any atom is 0.263 e. The summed E-state index contributed by atoms with van der Waals surface area (Å²) < 4.78 is 1.38. The zero-order valence-corrected chi connectivity index (χ0v) is 16.6. The number of nitrogens with two attached hydrogens (primary N) is 1. The molecule has 3 aromatic heterocycles. The number of nitrogens with one attached hydrogen (secondary N) is 1. The molecule has 1 aliphatic rings. The fraction of sp³-hybridized carbons (Fsp3) is 0.294. The topological polar surface area (TPSA) is 105 Å². The van der Waals surface area contributed by atoms with Crippen LogP contribution in [0, 0.1) is 0 Å². The molecule has 0 unspecified atom stereocenters. The predicted octanol–water partition coefficient (Wildman–Crippen LogP) is 2.02. The Morgan fingerprint density at radius 3 is 2.68 bits per heavy atom. The van der Waals surface area contributed by atoms with E-state index in [1.807, 2.05) is 0 Å². The van der Waals surface area contributed by atoms with Crippen molar-refractivity contribution in [1.29, 1.82) is 0 Å². The third-order valence-electron chi connectivity index (χ3n) is 4.64. The van der Waals surface area contributed by atoms with Crippen LogP contribution >= 0.6 is 23.2 Å². The van der Waals surface area contributed by atoms with Crippen molar-refractivity contribution in [2.24, 2.45) is 0 Å². The van der Waals surface area contributed by atoms with Crippen molar-refractivity contribution in [3.63, 3.8) is 0 Å². The highest BCUT2D eigenvalue weighted by Gasteiger charge is 2.23. The van der Waals surface area contributed by atoms with Gasteiger partial charge in [-0.3, -0.25) is 4.79 Å². The molecule has 146 valence electrons. The van der Waals surface area contributed by atoms with Crippen LogP contribution in [-0.4, -0.2) is 63.6 Å². The van der Waals surface area contributed by atoms with E-state index in [-0.39, 0.29) is 11.4 Å². The van der Waals surface area contributed by atoms with Crippen molar-refractivity contribution in [3.8, 4) is 0 Å². The molecule has 9 nitrogen and oxygen atoms in total. The lowest BCUT2D eigenvalue weighted by atomic mass is 10.2.